The molecule has 3 aliphatic heterocycles. The summed E-state index contributed by atoms with van der Waals surface area (Å²) in [6, 6.07) is 0. The van der Waals surface area contributed by atoms with E-state index in [1.54, 1.807) is 0 Å². The average molecular weight is 803 g/mol. The van der Waals surface area contributed by atoms with Crippen molar-refractivity contribution in [3.8, 4) is 0 Å². The maximum absolute atomic E-state index is 11.1. The molecule has 0 aromatic carbocycles. The normalized spacial score (nSPS) is 53.8. The molecule has 3 saturated carbocycles. The quantitative estimate of drug-likeness (QED) is 0.0682. The van der Waals surface area contributed by atoms with E-state index in [-0.39, 0.29) is 38.5 Å². The zero-order valence-corrected chi connectivity index (χ0v) is 30.0. The van der Waals surface area contributed by atoms with Crippen LogP contribution in [0, 0.1) is 17.8 Å². The van der Waals surface area contributed by atoms with E-state index < -0.39 is 166 Å². The molecular weight excluding hydrogens is 744 g/mol. The molecule has 0 bridgehead atoms. The van der Waals surface area contributed by atoms with Crippen molar-refractivity contribution < 1.29 is 105 Å². The van der Waals surface area contributed by atoms with Crippen LogP contribution < -0.4 is 0 Å². The minimum absolute atomic E-state index is 0.00371. The van der Waals surface area contributed by atoms with Crippen molar-refractivity contribution in [3.63, 3.8) is 0 Å². The van der Waals surface area contributed by atoms with Crippen LogP contribution in [0.3, 0.4) is 0 Å². The fraction of sp³-hybridized carbons (Fsp3) is 1.00. The van der Waals surface area contributed by atoms with Crippen LogP contribution in [0.2, 0.25) is 0 Å². The van der Waals surface area contributed by atoms with Gasteiger partial charge in [0.2, 0.25) is 6.29 Å². The highest BCUT2D eigenvalue weighted by atomic mass is 17.2. The summed E-state index contributed by atoms with van der Waals surface area (Å²) in [6.45, 7) is -2.04. The summed E-state index contributed by atoms with van der Waals surface area (Å²) >= 11 is 0. The second-order valence-electron chi connectivity index (χ2n) is 16.0. The molecule has 21 nitrogen and oxygen atoms in total. The Morgan fingerprint density at radius 3 is 1.78 bits per heavy atom. The Morgan fingerprint density at radius 1 is 0.473 bits per heavy atom. The summed E-state index contributed by atoms with van der Waals surface area (Å²) in [4.78, 5) is 11.8. The first-order valence-electron chi connectivity index (χ1n) is 19.1. The summed E-state index contributed by atoms with van der Waals surface area (Å²) in [5, 5.41) is 146. The highest BCUT2D eigenvalue weighted by molar-refractivity contribution is 5.01. The van der Waals surface area contributed by atoms with Crippen LogP contribution in [0.15, 0.2) is 0 Å². The smallest absolute Gasteiger partial charge is 0.220 e. The molecule has 0 aromatic heterocycles. The fourth-order valence-electron chi connectivity index (χ4n) is 9.06. The molecule has 6 rings (SSSR count). The molecule has 0 spiro atoms. The lowest BCUT2D eigenvalue weighted by Gasteiger charge is -2.51. The third-order valence-electron chi connectivity index (χ3n) is 12.4. The molecule has 0 amide bonds. The van der Waals surface area contributed by atoms with Gasteiger partial charge >= 0.3 is 0 Å². The van der Waals surface area contributed by atoms with Gasteiger partial charge in [-0.2, -0.15) is 0 Å². The van der Waals surface area contributed by atoms with Crippen molar-refractivity contribution >= 4 is 0 Å². The summed E-state index contributed by atoms with van der Waals surface area (Å²) in [6.07, 6.45) is -27.8. The largest absolute Gasteiger partial charge is 0.396 e. The van der Waals surface area contributed by atoms with Gasteiger partial charge in [0.05, 0.1) is 62.0 Å². The molecule has 14 N–H and O–H groups in total. The summed E-state index contributed by atoms with van der Waals surface area (Å²) in [5.74, 6) is -1.73. The molecule has 6 fully saturated rings. The predicted molar refractivity (Wildman–Crippen MR) is 176 cm³/mol. The Balaban J connectivity index is 1.23. The van der Waals surface area contributed by atoms with E-state index >= 15 is 0 Å². The monoisotopic (exact) mass is 802 g/mol. The topological polar surface area (TPSA) is 348 Å². The highest BCUT2D eigenvalue weighted by Gasteiger charge is 2.55. The third-order valence-corrected chi connectivity index (χ3v) is 12.4. The molecular formula is C34H58O21. The molecule has 0 aromatic rings. The number of aliphatic hydroxyl groups is 14. The molecule has 0 radical (unpaired) electrons. The Morgan fingerprint density at radius 2 is 1.13 bits per heavy atom. The van der Waals surface area contributed by atoms with Gasteiger partial charge in [-0.25, -0.2) is 9.78 Å². The van der Waals surface area contributed by atoms with E-state index in [4.69, 9.17) is 33.5 Å². The first kappa shape index (κ1) is 43.7. The van der Waals surface area contributed by atoms with E-state index in [2.05, 4.69) is 0 Å². The van der Waals surface area contributed by atoms with Crippen molar-refractivity contribution in [2.75, 3.05) is 19.8 Å². The fourth-order valence-corrected chi connectivity index (χ4v) is 9.06. The SMILES string of the molecule is OCC1CC(OC2CC(O)CC3OC(C4CCC(O)C(O)C4)C(OOC4OC(CO)C(O)C(O)C4OC4OC(CO)C(O)C(O)C4O)CC23)C(O)C(O)C1O. The van der Waals surface area contributed by atoms with Crippen molar-refractivity contribution in [1.82, 2.24) is 0 Å². The van der Waals surface area contributed by atoms with E-state index in [9.17, 15) is 71.5 Å². The van der Waals surface area contributed by atoms with Gasteiger partial charge in [0.1, 0.15) is 67.1 Å². The molecule has 3 saturated heterocycles. The lowest BCUT2D eigenvalue weighted by atomic mass is 9.72. The van der Waals surface area contributed by atoms with Crippen LogP contribution in [0.25, 0.3) is 0 Å². The standard InChI is InChI=1S/C34H58O21/c35-8-12-4-19(24(42)27(45)23(12)41)49-17-5-13(38)6-18-14(17)7-20(31(50-18)11-1-2-15(39)16(40)3-11)54-55-34-32(29(47)26(44)22(10-37)52-34)53-33-30(48)28(46)25(43)21(9-36)51-33/h11-48H,1-10H2. The summed E-state index contributed by atoms with van der Waals surface area (Å²) in [7, 11) is 0. The molecule has 24 atom stereocenters. The number of hydrogen-bond donors (Lipinski definition) is 14. The van der Waals surface area contributed by atoms with Gasteiger partial charge in [-0.1, -0.05) is 0 Å². The average Bonchev–Trinajstić information content (AvgIpc) is 3.17. The zero-order chi connectivity index (χ0) is 39.9. The van der Waals surface area contributed by atoms with Gasteiger partial charge in [0, 0.05) is 18.4 Å². The van der Waals surface area contributed by atoms with E-state index in [0.29, 0.717) is 6.42 Å². The van der Waals surface area contributed by atoms with Crippen molar-refractivity contribution in [2.45, 2.75) is 174 Å². The van der Waals surface area contributed by atoms with Gasteiger partial charge in [0.25, 0.3) is 0 Å². The van der Waals surface area contributed by atoms with Crippen LogP contribution in [0.5, 0.6) is 0 Å². The van der Waals surface area contributed by atoms with Gasteiger partial charge < -0.3 is 95.2 Å². The van der Waals surface area contributed by atoms with Crippen molar-refractivity contribution in [3.05, 3.63) is 0 Å². The van der Waals surface area contributed by atoms with Crippen LogP contribution in [-0.2, 0) is 33.5 Å². The first-order valence-corrected chi connectivity index (χ1v) is 19.1. The van der Waals surface area contributed by atoms with Gasteiger partial charge in [-0.05, 0) is 50.9 Å². The number of rotatable bonds is 11. The predicted octanol–water partition coefficient (Wildman–Crippen LogP) is -6.77. The lowest BCUT2D eigenvalue weighted by Crippen LogP contribution is -2.65. The second-order valence-corrected chi connectivity index (χ2v) is 16.0. The Hall–Kier alpha value is -0.840. The third kappa shape index (κ3) is 9.17. The zero-order valence-electron chi connectivity index (χ0n) is 30.0. The first-order chi connectivity index (χ1) is 26.2. The van der Waals surface area contributed by atoms with E-state index in [1.807, 2.05) is 0 Å². The van der Waals surface area contributed by atoms with Crippen molar-refractivity contribution in [1.29, 1.82) is 0 Å². The molecule has 24 unspecified atom stereocenters. The summed E-state index contributed by atoms with van der Waals surface area (Å²) in [5.41, 5.74) is 0. The number of ether oxygens (including phenoxy) is 5. The molecule has 55 heavy (non-hydrogen) atoms. The van der Waals surface area contributed by atoms with E-state index in [1.165, 1.54) is 0 Å². The maximum Gasteiger partial charge on any atom is 0.220 e. The molecule has 3 heterocycles. The van der Waals surface area contributed by atoms with E-state index in [0.717, 1.165) is 0 Å². The number of fused-ring (bicyclic) bond motifs is 1. The number of hydrogen-bond acceptors (Lipinski definition) is 21. The van der Waals surface area contributed by atoms with Crippen LogP contribution in [-0.4, -0.2) is 220 Å². The molecule has 320 valence electrons. The van der Waals surface area contributed by atoms with Crippen LogP contribution in [0.4, 0.5) is 0 Å². The maximum atomic E-state index is 11.1. The van der Waals surface area contributed by atoms with Crippen LogP contribution in [0.1, 0.15) is 44.9 Å². The Bertz CT molecular complexity index is 1200. The minimum Gasteiger partial charge on any atom is -0.396 e. The molecule has 3 aliphatic carbocycles. The Kier molecular flexibility index (Phi) is 14.8. The van der Waals surface area contributed by atoms with Gasteiger partial charge in [0.15, 0.2) is 6.29 Å². The Labute approximate surface area is 316 Å². The number of aliphatic hydroxyl groups excluding tert-OH is 14. The van der Waals surface area contributed by atoms with Crippen LogP contribution >= 0.6 is 0 Å². The molecule has 6 aliphatic rings. The lowest BCUT2D eigenvalue weighted by molar-refractivity contribution is -0.465. The molecule has 21 heteroatoms. The van der Waals surface area contributed by atoms with Crippen molar-refractivity contribution in [2.24, 2.45) is 17.8 Å². The second kappa shape index (κ2) is 18.6. The van der Waals surface area contributed by atoms with Gasteiger partial charge in [-0.15, -0.1) is 0 Å². The summed E-state index contributed by atoms with van der Waals surface area (Å²) < 4.78 is 29.8. The van der Waals surface area contributed by atoms with Gasteiger partial charge in [-0.3, -0.25) is 0 Å². The minimum atomic E-state index is -1.90. The highest BCUT2D eigenvalue weighted by Crippen LogP contribution is 2.45.